The zero-order chi connectivity index (χ0) is 32.8. The van der Waals surface area contributed by atoms with Crippen molar-refractivity contribution in [2.75, 3.05) is 26.9 Å². The number of carbonyl (C=O) groups excluding carboxylic acids is 2. The first-order valence-electron chi connectivity index (χ1n) is 17.7. The Morgan fingerprint density at radius 1 is 0.958 bits per heavy atom. The third kappa shape index (κ3) is 4.67. The summed E-state index contributed by atoms with van der Waals surface area (Å²) in [6.07, 6.45) is 8.93. The van der Waals surface area contributed by atoms with E-state index in [0.717, 1.165) is 72.0 Å². The molecule has 3 saturated carbocycles. The van der Waals surface area contributed by atoms with Gasteiger partial charge in [-0.25, -0.2) is 13.1 Å². The van der Waals surface area contributed by atoms with Gasteiger partial charge in [0, 0.05) is 34.5 Å². The van der Waals surface area contributed by atoms with Crippen molar-refractivity contribution in [2.45, 2.75) is 100 Å². The number of fused-ring (bicyclic) bond motifs is 9. The lowest BCUT2D eigenvalue weighted by Crippen LogP contribution is -2.53. The first-order chi connectivity index (χ1) is 23.3. The fourth-order valence-electron chi connectivity index (χ4n) is 9.63. The zero-order valence-electron chi connectivity index (χ0n) is 27.4. The number of sulfonamides is 1. The summed E-state index contributed by atoms with van der Waals surface area (Å²) in [5.41, 5.74) is 5.13. The van der Waals surface area contributed by atoms with E-state index in [1.807, 2.05) is 23.1 Å². The van der Waals surface area contributed by atoms with Gasteiger partial charge in [-0.1, -0.05) is 38.2 Å². The van der Waals surface area contributed by atoms with E-state index in [1.165, 1.54) is 12.0 Å². The molecule has 4 heterocycles. The molecule has 9 rings (SSSR count). The van der Waals surface area contributed by atoms with Crippen LogP contribution in [-0.4, -0.2) is 74.1 Å². The van der Waals surface area contributed by atoms with Gasteiger partial charge in [0.25, 0.3) is 5.91 Å². The fourth-order valence-corrected chi connectivity index (χ4v) is 11.1. The minimum absolute atomic E-state index is 0.00883. The molecule has 10 nitrogen and oxygen atoms in total. The predicted molar refractivity (Wildman–Crippen MR) is 179 cm³/mol. The van der Waals surface area contributed by atoms with Crippen molar-refractivity contribution in [1.82, 2.24) is 14.2 Å². The van der Waals surface area contributed by atoms with E-state index in [0.29, 0.717) is 57.1 Å². The Morgan fingerprint density at radius 2 is 1.75 bits per heavy atom. The van der Waals surface area contributed by atoms with Crippen molar-refractivity contribution in [1.29, 1.82) is 0 Å². The SMILES string of the molecule is COc1ccc2c(c1)C1CC1(C(=O)N1C3COCC1OC3)Cn1c-2c(C2CCCCC2)c2ccc(C(=O)NS(=O)(=O)C3CCCC3)cc21. The highest BCUT2D eigenvalue weighted by Crippen LogP contribution is 2.66. The Bertz CT molecular complexity index is 1910. The van der Waals surface area contributed by atoms with Crippen LogP contribution in [0.4, 0.5) is 0 Å². The van der Waals surface area contributed by atoms with E-state index in [1.54, 1.807) is 13.2 Å². The normalized spacial score (nSPS) is 28.4. The summed E-state index contributed by atoms with van der Waals surface area (Å²) < 4.78 is 48.4. The molecule has 2 aromatic carbocycles. The second-order valence-electron chi connectivity index (χ2n) is 14.9. The van der Waals surface area contributed by atoms with Crippen LogP contribution in [0.1, 0.15) is 97.5 Å². The summed E-state index contributed by atoms with van der Waals surface area (Å²) in [7, 11) is -2.10. The molecule has 11 heteroatoms. The highest BCUT2D eigenvalue weighted by molar-refractivity contribution is 7.90. The summed E-state index contributed by atoms with van der Waals surface area (Å²) in [6, 6.07) is 11.8. The molecule has 254 valence electrons. The summed E-state index contributed by atoms with van der Waals surface area (Å²) in [5, 5.41) is 0.545. The molecule has 4 unspecified atom stereocenters. The van der Waals surface area contributed by atoms with E-state index in [4.69, 9.17) is 14.2 Å². The van der Waals surface area contributed by atoms with Crippen LogP contribution in [0.5, 0.6) is 5.75 Å². The van der Waals surface area contributed by atoms with Gasteiger partial charge in [0.2, 0.25) is 15.9 Å². The number of methoxy groups -OCH3 is 1. The van der Waals surface area contributed by atoms with E-state index in [2.05, 4.69) is 21.4 Å². The number of hydrogen-bond donors (Lipinski definition) is 1. The van der Waals surface area contributed by atoms with Crippen molar-refractivity contribution in [2.24, 2.45) is 5.41 Å². The van der Waals surface area contributed by atoms with Gasteiger partial charge in [0.15, 0.2) is 6.23 Å². The quantitative estimate of drug-likeness (QED) is 0.371. The molecule has 1 aromatic heterocycles. The smallest absolute Gasteiger partial charge is 0.264 e. The average Bonchev–Trinajstić information content (AvgIpc) is 3.32. The van der Waals surface area contributed by atoms with E-state index in [9.17, 15) is 18.0 Å². The number of morpholine rings is 1. The summed E-state index contributed by atoms with van der Waals surface area (Å²) in [4.78, 5) is 30.4. The Labute approximate surface area is 281 Å². The van der Waals surface area contributed by atoms with Crippen molar-refractivity contribution in [3.63, 3.8) is 0 Å². The zero-order valence-corrected chi connectivity index (χ0v) is 28.2. The molecule has 6 aliphatic rings. The number of nitrogens with one attached hydrogen (secondary N) is 1. The number of nitrogens with zero attached hydrogens (tertiary/aromatic N) is 2. The predicted octanol–water partition coefficient (Wildman–Crippen LogP) is 5.44. The van der Waals surface area contributed by atoms with Crippen LogP contribution in [0.15, 0.2) is 36.4 Å². The molecule has 2 saturated heterocycles. The molecule has 5 fully saturated rings. The van der Waals surface area contributed by atoms with E-state index >= 15 is 0 Å². The monoisotopic (exact) mass is 673 g/mol. The number of amides is 2. The Balaban J connectivity index is 1.21. The number of rotatable bonds is 6. The fraction of sp³-hybridized carbons (Fsp3) is 0.568. The molecular formula is C37H43N3O7S. The molecule has 4 atom stereocenters. The van der Waals surface area contributed by atoms with Crippen LogP contribution >= 0.6 is 0 Å². The summed E-state index contributed by atoms with van der Waals surface area (Å²) >= 11 is 0. The van der Waals surface area contributed by atoms with Gasteiger partial charge in [-0.05, 0) is 79.5 Å². The minimum atomic E-state index is -3.77. The maximum absolute atomic E-state index is 14.8. The molecule has 48 heavy (non-hydrogen) atoms. The van der Waals surface area contributed by atoms with Crippen LogP contribution in [0.3, 0.4) is 0 Å². The third-order valence-electron chi connectivity index (χ3n) is 12.2. The summed E-state index contributed by atoms with van der Waals surface area (Å²) in [5.74, 6) is 0.619. The van der Waals surface area contributed by atoms with Crippen molar-refractivity contribution < 1.29 is 32.2 Å². The number of benzene rings is 2. The second kappa shape index (κ2) is 11.3. The molecule has 2 bridgehead atoms. The van der Waals surface area contributed by atoms with Crippen LogP contribution in [0.2, 0.25) is 0 Å². The minimum Gasteiger partial charge on any atom is -0.497 e. The maximum atomic E-state index is 14.8. The molecule has 3 aromatic rings. The van der Waals surface area contributed by atoms with Crippen LogP contribution in [0, 0.1) is 5.41 Å². The highest BCUT2D eigenvalue weighted by atomic mass is 32.2. The largest absolute Gasteiger partial charge is 0.497 e. The number of aromatic nitrogens is 1. The van der Waals surface area contributed by atoms with Gasteiger partial charge in [0.05, 0.1) is 49.3 Å². The molecular weight excluding hydrogens is 630 g/mol. The van der Waals surface area contributed by atoms with Crippen molar-refractivity contribution in [3.05, 3.63) is 53.1 Å². The number of hydrogen-bond acceptors (Lipinski definition) is 7. The maximum Gasteiger partial charge on any atom is 0.264 e. The van der Waals surface area contributed by atoms with Crippen LogP contribution in [-0.2, 0) is 30.8 Å². The Hall–Kier alpha value is -3.41. The third-order valence-corrected chi connectivity index (χ3v) is 14.0. The first kappa shape index (κ1) is 30.6. The van der Waals surface area contributed by atoms with Crippen LogP contribution in [0.25, 0.3) is 22.2 Å². The van der Waals surface area contributed by atoms with Crippen LogP contribution < -0.4 is 9.46 Å². The second-order valence-corrected chi connectivity index (χ2v) is 16.8. The van der Waals surface area contributed by atoms with E-state index < -0.39 is 26.6 Å². The van der Waals surface area contributed by atoms with Gasteiger partial charge in [-0.15, -0.1) is 0 Å². The standard InChI is InChI=1S/C37H43N3O7S/c1-45-25-12-14-27-29(16-25)30-17-37(30,36(42)40-24-18-46-20-32(40)47-19-24)21-39-31-15-23(35(41)38-48(43,44)26-9-5-6-10-26)11-13-28(31)33(34(27)39)22-7-3-2-4-8-22/h11-16,22,24,26,30,32H,2-10,17-21H2,1H3,(H,38,41). The molecule has 0 spiro atoms. The average molecular weight is 674 g/mol. The van der Waals surface area contributed by atoms with Gasteiger partial charge in [-0.3, -0.25) is 9.59 Å². The lowest BCUT2D eigenvalue weighted by atomic mass is 9.81. The molecule has 2 amide bonds. The van der Waals surface area contributed by atoms with Gasteiger partial charge >= 0.3 is 0 Å². The van der Waals surface area contributed by atoms with Gasteiger partial charge in [0.1, 0.15) is 5.75 Å². The molecule has 0 radical (unpaired) electrons. The topological polar surface area (TPSA) is 116 Å². The van der Waals surface area contributed by atoms with Gasteiger partial charge < -0.3 is 23.7 Å². The lowest BCUT2D eigenvalue weighted by molar-refractivity contribution is -0.155. The number of ether oxygens (including phenoxy) is 3. The molecule has 3 aliphatic carbocycles. The lowest BCUT2D eigenvalue weighted by Gasteiger charge is -2.35. The van der Waals surface area contributed by atoms with Crippen molar-refractivity contribution in [3.8, 4) is 17.0 Å². The first-order valence-corrected chi connectivity index (χ1v) is 19.3. The van der Waals surface area contributed by atoms with Gasteiger partial charge in [-0.2, -0.15) is 0 Å². The van der Waals surface area contributed by atoms with Crippen molar-refractivity contribution >= 4 is 32.7 Å². The Morgan fingerprint density at radius 3 is 2.52 bits per heavy atom. The molecule has 1 N–H and O–H groups in total. The van der Waals surface area contributed by atoms with E-state index in [-0.39, 0.29) is 24.1 Å². The Kier molecular flexibility index (Phi) is 7.22. The highest BCUT2D eigenvalue weighted by Gasteiger charge is 2.65. The summed E-state index contributed by atoms with van der Waals surface area (Å²) in [6.45, 7) is 1.79. The molecule has 3 aliphatic heterocycles. The number of carbonyl (C=O) groups is 2.